The van der Waals surface area contributed by atoms with Crippen LogP contribution in [0.4, 0.5) is 21.9 Å². The van der Waals surface area contributed by atoms with Crippen molar-refractivity contribution in [2.24, 2.45) is 0 Å². The normalized spacial score (nSPS) is 22.9. The van der Waals surface area contributed by atoms with Gasteiger partial charge in [0.05, 0.1) is 41.9 Å². The first-order valence-electron chi connectivity index (χ1n) is 12.4. The number of thioether (sulfide) groups is 1. The summed E-state index contributed by atoms with van der Waals surface area (Å²) >= 11 is 1.48. The van der Waals surface area contributed by atoms with Crippen molar-refractivity contribution in [3.05, 3.63) is 42.6 Å². The first-order valence-corrected chi connectivity index (χ1v) is 13.4. The van der Waals surface area contributed by atoms with Gasteiger partial charge in [0, 0.05) is 49.0 Å². The minimum Gasteiger partial charge on any atom is -0.481 e. The topological polar surface area (TPSA) is 129 Å². The maximum absolute atomic E-state index is 12.6. The van der Waals surface area contributed by atoms with Crippen LogP contribution in [0.5, 0.6) is 5.88 Å². The van der Waals surface area contributed by atoms with Gasteiger partial charge in [-0.2, -0.15) is 0 Å². The Labute approximate surface area is 223 Å². The monoisotopic (exact) mass is 536 g/mol. The lowest BCUT2D eigenvalue weighted by Crippen LogP contribution is -2.45. The number of aromatic nitrogens is 2. The van der Waals surface area contributed by atoms with E-state index in [1.165, 1.54) is 11.8 Å². The molecule has 11 nitrogen and oxygen atoms in total. The summed E-state index contributed by atoms with van der Waals surface area (Å²) in [5.74, 6) is 0.852. The zero-order valence-electron chi connectivity index (χ0n) is 20.8. The third kappa shape index (κ3) is 4.82. The van der Waals surface area contributed by atoms with Crippen LogP contribution >= 0.6 is 11.8 Å². The number of β-amino-alcohol motifs (C(OH)–C–C–N with tert-alkyl or cyclic N) is 1. The number of amides is 2. The smallest absolute Gasteiger partial charge is 0.414 e. The lowest BCUT2D eigenvalue weighted by molar-refractivity contribution is -0.113. The van der Waals surface area contributed by atoms with Gasteiger partial charge in [-0.05, 0) is 36.8 Å². The van der Waals surface area contributed by atoms with Crippen molar-refractivity contribution >= 4 is 51.9 Å². The van der Waals surface area contributed by atoms with Gasteiger partial charge in [0.25, 0.3) is 0 Å². The standard InChI is InChI=1S/C26H28N6O5S/c1-36-23-5-3-18-24(30-23)20(6-8-28-18)31-9-7-26(35,15-31)14-27-11-17-12-32(25(34)37-17)16-2-4-21-19(10-16)29-22(33)13-38-21/h2-6,8,10,17,27,35H,7,9,11-15H2,1H3,(H,29,33)/t17-,26?/m1/s1. The molecular weight excluding hydrogens is 508 g/mol. The van der Waals surface area contributed by atoms with E-state index in [4.69, 9.17) is 9.47 Å². The third-order valence-corrected chi connectivity index (χ3v) is 8.10. The predicted octanol–water partition coefficient (Wildman–Crippen LogP) is 2.24. The van der Waals surface area contributed by atoms with Crippen LogP contribution in [0.3, 0.4) is 0 Å². The summed E-state index contributed by atoms with van der Waals surface area (Å²) in [7, 11) is 1.58. The maximum Gasteiger partial charge on any atom is 0.414 e. The molecule has 0 radical (unpaired) electrons. The molecule has 1 aromatic carbocycles. The number of aliphatic hydroxyl groups is 1. The number of anilines is 3. The van der Waals surface area contributed by atoms with Crippen LogP contribution < -0.4 is 25.2 Å². The Morgan fingerprint density at radius 2 is 2.18 bits per heavy atom. The van der Waals surface area contributed by atoms with E-state index in [9.17, 15) is 14.7 Å². The molecule has 6 rings (SSSR count). The molecule has 1 unspecified atom stereocenters. The van der Waals surface area contributed by atoms with Crippen molar-refractivity contribution in [2.45, 2.75) is 23.0 Å². The summed E-state index contributed by atoms with van der Waals surface area (Å²) in [6.07, 6.45) is 1.55. The van der Waals surface area contributed by atoms with Crippen molar-refractivity contribution in [3.8, 4) is 5.88 Å². The van der Waals surface area contributed by atoms with Gasteiger partial charge in [0.15, 0.2) is 0 Å². The highest BCUT2D eigenvalue weighted by Crippen LogP contribution is 2.36. The summed E-state index contributed by atoms with van der Waals surface area (Å²) in [5.41, 5.74) is 2.86. The second kappa shape index (κ2) is 9.93. The van der Waals surface area contributed by atoms with Gasteiger partial charge in [-0.25, -0.2) is 9.78 Å². The van der Waals surface area contributed by atoms with Gasteiger partial charge in [-0.15, -0.1) is 11.8 Å². The molecule has 2 fully saturated rings. The first-order chi connectivity index (χ1) is 18.4. The van der Waals surface area contributed by atoms with E-state index in [0.717, 1.165) is 21.6 Å². The number of rotatable bonds is 7. The highest BCUT2D eigenvalue weighted by Gasteiger charge is 2.38. The quantitative estimate of drug-likeness (QED) is 0.413. The molecule has 0 bridgehead atoms. The van der Waals surface area contributed by atoms with Crippen molar-refractivity contribution in [1.82, 2.24) is 15.3 Å². The van der Waals surface area contributed by atoms with Crippen LogP contribution in [0.25, 0.3) is 11.0 Å². The fraction of sp³-hybridized carbons (Fsp3) is 0.385. The number of benzene rings is 1. The van der Waals surface area contributed by atoms with E-state index in [1.54, 1.807) is 30.3 Å². The molecule has 198 valence electrons. The summed E-state index contributed by atoms with van der Waals surface area (Å²) in [5, 5.41) is 17.4. The number of nitrogens with one attached hydrogen (secondary N) is 2. The molecule has 2 atom stereocenters. The Bertz CT molecular complexity index is 1410. The van der Waals surface area contributed by atoms with E-state index < -0.39 is 11.7 Å². The Morgan fingerprint density at radius 1 is 1.29 bits per heavy atom. The molecule has 3 aliphatic rings. The van der Waals surface area contributed by atoms with Gasteiger partial charge in [-0.3, -0.25) is 14.7 Å². The molecular formula is C26H28N6O5S. The average molecular weight is 537 g/mol. The van der Waals surface area contributed by atoms with Crippen molar-refractivity contribution < 1.29 is 24.2 Å². The molecule has 12 heteroatoms. The molecule has 3 aliphatic heterocycles. The molecule has 2 aromatic heterocycles. The van der Waals surface area contributed by atoms with Crippen LogP contribution in [0.1, 0.15) is 6.42 Å². The zero-order valence-corrected chi connectivity index (χ0v) is 21.7. The first kappa shape index (κ1) is 24.7. The number of carbonyl (C=O) groups is 2. The van der Waals surface area contributed by atoms with Crippen molar-refractivity contribution in [2.75, 3.05) is 60.7 Å². The molecule has 2 amide bonds. The van der Waals surface area contributed by atoms with E-state index in [0.29, 0.717) is 62.2 Å². The molecule has 2 saturated heterocycles. The number of ether oxygens (including phenoxy) is 2. The lowest BCUT2D eigenvalue weighted by Gasteiger charge is -2.25. The SMILES string of the molecule is COc1ccc2nccc(N3CCC(O)(CNC[C@@H]4CN(c5ccc6c(c5)NC(=O)CS6)C(=O)O4)C3)c2n1. The Kier molecular flexibility index (Phi) is 6.46. The Hall–Kier alpha value is -3.61. The number of pyridine rings is 2. The second-order valence-corrected chi connectivity index (χ2v) is 10.7. The van der Waals surface area contributed by atoms with Crippen LogP contribution in [0.15, 0.2) is 47.5 Å². The van der Waals surface area contributed by atoms with Gasteiger partial charge in [-0.1, -0.05) is 0 Å². The molecule has 0 saturated carbocycles. The summed E-state index contributed by atoms with van der Waals surface area (Å²) < 4.78 is 10.8. The molecule has 0 spiro atoms. The van der Waals surface area contributed by atoms with Gasteiger partial charge in [0.1, 0.15) is 11.6 Å². The molecule has 0 aliphatic carbocycles. The van der Waals surface area contributed by atoms with E-state index in [-0.39, 0.29) is 12.0 Å². The average Bonchev–Trinajstić information content (AvgIpc) is 3.49. The number of methoxy groups -OCH3 is 1. The summed E-state index contributed by atoms with van der Waals surface area (Å²) in [4.78, 5) is 37.9. The minimum absolute atomic E-state index is 0.0535. The van der Waals surface area contributed by atoms with Gasteiger partial charge >= 0.3 is 6.09 Å². The third-order valence-electron chi connectivity index (χ3n) is 7.03. The molecule has 3 N–H and O–H groups in total. The molecule has 5 heterocycles. The fourth-order valence-electron chi connectivity index (χ4n) is 5.11. The van der Waals surface area contributed by atoms with Crippen LogP contribution in [-0.2, 0) is 9.53 Å². The number of cyclic esters (lactones) is 1. The van der Waals surface area contributed by atoms with Gasteiger partial charge in [0.2, 0.25) is 11.8 Å². The number of nitrogens with zero attached hydrogens (tertiary/aromatic N) is 4. The van der Waals surface area contributed by atoms with Crippen LogP contribution in [0, 0.1) is 0 Å². The van der Waals surface area contributed by atoms with E-state index in [1.807, 2.05) is 24.3 Å². The number of hydrogen-bond donors (Lipinski definition) is 3. The predicted molar refractivity (Wildman–Crippen MR) is 144 cm³/mol. The van der Waals surface area contributed by atoms with E-state index in [2.05, 4.69) is 25.5 Å². The minimum atomic E-state index is -0.939. The zero-order chi connectivity index (χ0) is 26.3. The highest BCUT2D eigenvalue weighted by molar-refractivity contribution is 8.00. The van der Waals surface area contributed by atoms with Crippen molar-refractivity contribution in [3.63, 3.8) is 0 Å². The van der Waals surface area contributed by atoms with Crippen molar-refractivity contribution in [1.29, 1.82) is 0 Å². The largest absolute Gasteiger partial charge is 0.481 e. The van der Waals surface area contributed by atoms with Crippen LogP contribution in [-0.4, -0.2) is 84.4 Å². The molecule has 3 aromatic rings. The maximum atomic E-state index is 12.6. The summed E-state index contributed by atoms with van der Waals surface area (Å²) in [6.45, 7) is 2.27. The number of fused-ring (bicyclic) bond motifs is 2. The van der Waals surface area contributed by atoms with Gasteiger partial charge < -0.3 is 30.1 Å². The summed E-state index contributed by atoms with van der Waals surface area (Å²) in [6, 6.07) is 11.1. The fourth-order valence-corrected chi connectivity index (χ4v) is 5.90. The van der Waals surface area contributed by atoms with Crippen LogP contribution in [0.2, 0.25) is 0 Å². The highest BCUT2D eigenvalue weighted by atomic mass is 32.2. The Morgan fingerprint density at radius 3 is 3.05 bits per heavy atom. The van der Waals surface area contributed by atoms with E-state index >= 15 is 0 Å². The second-order valence-electron chi connectivity index (χ2n) is 9.71. The number of hydrogen-bond acceptors (Lipinski definition) is 10. The molecule has 38 heavy (non-hydrogen) atoms. The Balaban J connectivity index is 1.06. The lowest BCUT2D eigenvalue weighted by atomic mass is 10.0. The number of carbonyl (C=O) groups excluding carboxylic acids is 2.